The van der Waals surface area contributed by atoms with Crippen molar-refractivity contribution in [3.8, 4) is 11.1 Å². The molecule has 3 aromatic rings. The van der Waals surface area contributed by atoms with Crippen LogP contribution in [0.25, 0.3) is 11.1 Å². The first-order chi connectivity index (χ1) is 10.7. The van der Waals surface area contributed by atoms with Crippen LogP contribution >= 0.6 is 15.9 Å². The van der Waals surface area contributed by atoms with Crippen molar-refractivity contribution in [2.24, 2.45) is 0 Å². The molecular weight excluding hydrogens is 334 g/mol. The number of fused-ring (bicyclic) bond motifs is 3. The smallest absolute Gasteiger partial charge is 0.0857 e. The van der Waals surface area contributed by atoms with Crippen molar-refractivity contribution >= 4 is 21.6 Å². The summed E-state index contributed by atoms with van der Waals surface area (Å²) < 4.78 is 1.10. The molecule has 4 rings (SSSR count). The fourth-order valence-electron chi connectivity index (χ4n) is 3.34. The zero-order valence-corrected chi connectivity index (χ0v) is 13.9. The summed E-state index contributed by atoms with van der Waals surface area (Å²) in [4.78, 5) is 0. The lowest BCUT2D eigenvalue weighted by atomic mass is 9.77. The minimum Gasteiger partial charge on any atom is -0.371 e. The highest BCUT2D eigenvalue weighted by atomic mass is 79.9. The molecule has 1 N–H and O–H groups in total. The highest BCUT2D eigenvalue weighted by Crippen LogP contribution is 2.46. The second-order valence-corrected chi connectivity index (χ2v) is 6.77. The summed E-state index contributed by atoms with van der Waals surface area (Å²) in [6.45, 7) is 2.26. The van der Waals surface area contributed by atoms with E-state index in [1.54, 1.807) is 0 Å². The molecule has 3 aromatic carbocycles. The number of anilines is 1. The van der Waals surface area contributed by atoms with Gasteiger partial charge in [-0.3, -0.25) is 0 Å². The Morgan fingerprint density at radius 3 is 2.36 bits per heavy atom. The average molecular weight is 350 g/mol. The minimum atomic E-state index is -0.224. The van der Waals surface area contributed by atoms with E-state index in [1.807, 2.05) is 0 Å². The fraction of sp³-hybridized carbons (Fsp3) is 0.100. The maximum absolute atomic E-state index is 3.75. The topological polar surface area (TPSA) is 12.0 Å². The zero-order valence-electron chi connectivity index (χ0n) is 12.3. The number of rotatable bonds is 1. The van der Waals surface area contributed by atoms with Crippen molar-refractivity contribution in [2.75, 3.05) is 5.32 Å². The molecule has 2 heteroatoms. The number of halogens is 1. The van der Waals surface area contributed by atoms with E-state index in [9.17, 15) is 0 Å². The van der Waals surface area contributed by atoms with Gasteiger partial charge in [0.1, 0.15) is 0 Å². The second-order valence-electron chi connectivity index (χ2n) is 5.85. The number of hydrogen-bond donors (Lipinski definition) is 1. The van der Waals surface area contributed by atoms with E-state index in [0.717, 1.165) is 4.47 Å². The van der Waals surface area contributed by atoms with Gasteiger partial charge in [-0.25, -0.2) is 0 Å². The SMILES string of the molecule is CC1(c2ccccc2)Nc2ccc(Br)cc2-c2ccccc21. The van der Waals surface area contributed by atoms with Gasteiger partial charge < -0.3 is 5.32 Å². The molecule has 108 valence electrons. The van der Waals surface area contributed by atoms with E-state index in [2.05, 4.69) is 101 Å². The summed E-state index contributed by atoms with van der Waals surface area (Å²) in [5, 5.41) is 3.75. The lowest BCUT2D eigenvalue weighted by Crippen LogP contribution is -2.36. The predicted molar refractivity (Wildman–Crippen MR) is 96.1 cm³/mol. The van der Waals surface area contributed by atoms with Gasteiger partial charge in [0.25, 0.3) is 0 Å². The zero-order chi connectivity index (χ0) is 15.2. The molecule has 0 fully saturated rings. The van der Waals surface area contributed by atoms with Crippen LogP contribution in [-0.4, -0.2) is 0 Å². The molecule has 0 aromatic heterocycles. The molecule has 0 spiro atoms. The predicted octanol–water partition coefficient (Wildman–Crippen LogP) is 5.81. The quantitative estimate of drug-likeness (QED) is 0.584. The van der Waals surface area contributed by atoms with Gasteiger partial charge in [-0.05, 0) is 41.8 Å². The molecule has 0 saturated heterocycles. The van der Waals surface area contributed by atoms with Gasteiger partial charge in [-0.2, -0.15) is 0 Å². The van der Waals surface area contributed by atoms with Crippen molar-refractivity contribution in [1.82, 2.24) is 0 Å². The maximum Gasteiger partial charge on any atom is 0.0857 e. The van der Waals surface area contributed by atoms with Crippen LogP contribution in [-0.2, 0) is 5.54 Å². The molecule has 0 aliphatic carbocycles. The largest absolute Gasteiger partial charge is 0.371 e. The van der Waals surface area contributed by atoms with E-state index in [-0.39, 0.29) is 5.54 Å². The van der Waals surface area contributed by atoms with E-state index in [1.165, 1.54) is 27.9 Å². The van der Waals surface area contributed by atoms with Gasteiger partial charge in [0, 0.05) is 15.7 Å². The highest BCUT2D eigenvalue weighted by Gasteiger charge is 2.35. The van der Waals surface area contributed by atoms with Gasteiger partial charge in [0.15, 0.2) is 0 Å². The normalized spacial score (nSPS) is 19.0. The molecule has 1 nitrogen and oxygen atoms in total. The van der Waals surface area contributed by atoms with Crippen molar-refractivity contribution in [1.29, 1.82) is 0 Å². The Kier molecular flexibility index (Phi) is 3.08. The van der Waals surface area contributed by atoms with Crippen LogP contribution in [0.2, 0.25) is 0 Å². The Morgan fingerprint density at radius 1 is 0.818 bits per heavy atom. The average Bonchev–Trinajstić information content (AvgIpc) is 2.57. The summed E-state index contributed by atoms with van der Waals surface area (Å²) in [5.41, 5.74) is 6.08. The molecule has 0 bridgehead atoms. The van der Waals surface area contributed by atoms with Crippen LogP contribution in [0, 0.1) is 0 Å². The molecule has 1 aliphatic heterocycles. The Balaban J connectivity index is 2.00. The summed E-state index contributed by atoms with van der Waals surface area (Å²) in [6, 6.07) is 25.7. The monoisotopic (exact) mass is 349 g/mol. The van der Waals surface area contributed by atoms with Crippen molar-refractivity contribution in [2.45, 2.75) is 12.5 Å². The van der Waals surface area contributed by atoms with Crippen LogP contribution in [0.3, 0.4) is 0 Å². The standard InChI is InChI=1S/C20H16BrN/c1-20(14-7-3-2-4-8-14)18-10-6-5-9-16(18)17-13-15(21)11-12-19(17)22-20/h2-13,22H,1H3. The number of benzene rings is 3. The third-order valence-electron chi connectivity index (χ3n) is 4.47. The van der Waals surface area contributed by atoms with Gasteiger partial charge in [0.2, 0.25) is 0 Å². The summed E-state index contributed by atoms with van der Waals surface area (Å²) >= 11 is 3.59. The van der Waals surface area contributed by atoms with E-state index in [4.69, 9.17) is 0 Å². The fourth-order valence-corrected chi connectivity index (χ4v) is 3.70. The molecule has 22 heavy (non-hydrogen) atoms. The van der Waals surface area contributed by atoms with E-state index >= 15 is 0 Å². The van der Waals surface area contributed by atoms with E-state index < -0.39 is 0 Å². The van der Waals surface area contributed by atoms with Crippen molar-refractivity contribution in [3.63, 3.8) is 0 Å². The molecule has 0 saturated carbocycles. The minimum absolute atomic E-state index is 0.224. The molecule has 1 unspecified atom stereocenters. The van der Waals surface area contributed by atoms with Crippen LogP contribution in [0.4, 0.5) is 5.69 Å². The van der Waals surface area contributed by atoms with Gasteiger partial charge >= 0.3 is 0 Å². The van der Waals surface area contributed by atoms with Gasteiger partial charge in [-0.1, -0.05) is 70.5 Å². The Morgan fingerprint density at radius 2 is 1.55 bits per heavy atom. The second kappa shape index (κ2) is 4.99. The maximum atomic E-state index is 3.75. The van der Waals surface area contributed by atoms with Crippen LogP contribution in [0.1, 0.15) is 18.1 Å². The first-order valence-electron chi connectivity index (χ1n) is 7.42. The van der Waals surface area contributed by atoms with Crippen LogP contribution < -0.4 is 5.32 Å². The summed E-state index contributed by atoms with van der Waals surface area (Å²) in [7, 11) is 0. The summed E-state index contributed by atoms with van der Waals surface area (Å²) in [5.74, 6) is 0. The Bertz CT molecular complexity index is 841. The Labute approximate surface area is 139 Å². The number of nitrogens with one attached hydrogen (secondary N) is 1. The first-order valence-corrected chi connectivity index (χ1v) is 8.21. The van der Waals surface area contributed by atoms with Gasteiger partial charge in [0.05, 0.1) is 5.54 Å². The molecule has 1 atom stereocenters. The third-order valence-corrected chi connectivity index (χ3v) is 4.97. The lowest BCUT2D eigenvalue weighted by molar-refractivity contribution is 0.656. The molecule has 1 aliphatic rings. The lowest BCUT2D eigenvalue weighted by Gasteiger charge is -2.39. The number of hydrogen-bond acceptors (Lipinski definition) is 1. The molecular formula is C20H16BrN. The molecule has 0 amide bonds. The first kappa shape index (κ1) is 13.6. The highest BCUT2D eigenvalue weighted by molar-refractivity contribution is 9.10. The van der Waals surface area contributed by atoms with Crippen molar-refractivity contribution in [3.05, 3.63) is 88.4 Å². The van der Waals surface area contributed by atoms with Crippen molar-refractivity contribution < 1.29 is 0 Å². The Hall–Kier alpha value is -2.06. The van der Waals surface area contributed by atoms with Gasteiger partial charge in [-0.15, -0.1) is 0 Å². The molecule has 0 radical (unpaired) electrons. The van der Waals surface area contributed by atoms with Crippen LogP contribution in [0.5, 0.6) is 0 Å². The third kappa shape index (κ3) is 1.98. The van der Waals surface area contributed by atoms with E-state index in [0.29, 0.717) is 0 Å². The van der Waals surface area contributed by atoms with Crippen LogP contribution in [0.15, 0.2) is 77.3 Å². The molecule has 1 heterocycles. The summed E-state index contributed by atoms with van der Waals surface area (Å²) in [6.07, 6.45) is 0.